The molecule has 0 radical (unpaired) electrons. The number of carbonyl (C=O) groups excluding carboxylic acids is 1. The van der Waals surface area contributed by atoms with Gasteiger partial charge in [0.25, 0.3) is 0 Å². The molecule has 3 fully saturated rings. The molecular weight excluding hydrogens is 347 g/mol. The molecule has 0 bridgehead atoms. The first-order valence-electron chi connectivity index (χ1n) is 8.91. The van der Waals surface area contributed by atoms with E-state index in [9.17, 15) is 18.0 Å². The smallest absolute Gasteiger partial charge is 0.383 e. The number of hydrazine groups is 1. The van der Waals surface area contributed by atoms with Gasteiger partial charge >= 0.3 is 6.18 Å². The second kappa shape index (κ2) is 6.38. The van der Waals surface area contributed by atoms with E-state index in [1.807, 2.05) is 6.07 Å². The molecule has 4 N–H and O–H groups in total. The molecule has 3 heterocycles. The van der Waals surface area contributed by atoms with Crippen molar-refractivity contribution < 1.29 is 18.0 Å². The normalized spacial score (nSPS) is 34.5. The zero-order chi connectivity index (χ0) is 18.5. The standard InChI is InChI=1S/C17H22F3N5O/c18-17(19,20)8-25-13-6-9(10-2-1-5-22-15(10)21)3-4-11(13)14-12(16(25)26)7-23-24-14/h1-2,5,9,11-14,23-24H,3-4,6-8H2,(H2,21,22). The Morgan fingerprint density at radius 2 is 2.15 bits per heavy atom. The van der Waals surface area contributed by atoms with Gasteiger partial charge in [0, 0.05) is 24.8 Å². The number of hydrogen-bond acceptors (Lipinski definition) is 5. The van der Waals surface area contributed by atoms with E-state index >= 15 is 0 Å². The van der Waals surface area contributed by atoms with Gasteiger partial charge in [-0.3, -0.25) is 15.6 Å². The molecule has 5 atom stereocenters. The van der Waals surface area contributed by atoms with Crippen LogP contribution in [0.2, 0.25) is 0 Å². The van der Waals surface area contributed by atoms with Crippen LogP contribution in [0.4, 0.5) is 19.0 Å². The zero-order valence-electron chi connectivity index (χ0n) is 14.2. The maximum Gasteiger partial charge on any atom is 0.406 e. The molecule has 2 aliphatic heterocycles. The summed E-state index contributed by atoms with van der Waals surface area (Å²) in [5.41, 5.74) is 12.9. The lowest BCUT2D eigenvalue weighted by molar-refractivity contribution is -0.178. The van der Waals surface area contributed by atoms with Crippen LogP contribution in [0.1, 0.15) is 30.7 Å². The molecule has 5 unspecified atom stereocenters. The Hall–Kier alpha value is -1.87. The van der Waals surface area contributed by atoms with E-state index in [4.69, 9.17) is 5.73 Å². The molecule has 4 rings (SSSR count). The van der Waals surface area contributed by atoms with Gasteiger partial charge in [-0.15, -0.1) is 0 Å². The van der Waals surface area contributed by atoms with Crippen LogP contribution in [-0.4, -0.2) is 47.1 Å². The molecule has 0 aromatic carbocycles. The number of nitrogen functional groups attached to an aromatic ring is 1. The Labute approximate surface area is 149 Å². The molecule has 6 nitrogen and oxygen atoms in total. The number of rotatable bonds is 2. The van der Waals surface area contributed by atoms with Gasteiger partial charge in [0.15, 0.2) is 0 Å². The first-order valence-corrected chi connectivity index (χ1v) is 8.91. The number of carbonyl (C=O) groups is 1. The molecule has 0 spiro atoms. The lowest BCUT2D eigenvalue weighted by atomic mass is 9.67. The molecule has 9 heteroatoms. The number of nitrogens with zero attached hydrogens (tertiary/aromatic N) is 2. The minimum absolute atomic E-state index is 0.00389. The number of amides is 1. The molecule has 1 aliphatic carbocycles. The second-order valence-corrected chi connectivity index (χ2v) is 7.46. The number of aromatic nitrogens is 1. The number of hydrogen-bond donors (Lipinski definition) is 3. The Bertz CT molecular complexity index is 697. The average molecular weight is 369 g/mol. The van der Waals surface area contributed by atoms with Crippen LogP contribution < -0.4 is 16.6 Å². The van der Waals surface area contributed by atoms with Crippen molar-refractivity contribution in [3.63, 3.8) is 0 Å². The molecule has 1 aromatic heterocycles. The Morgan fingerprint density at radius 3 is 2.88 bits per heavy atom. The molecular formula is C17H22F3N5O. The highest BCUT2D eigenvalue weighted by Crippen LogP contribution is 2.45. The van der Waals surface area contributed by atoms with Crippen molar-refractivity contribution in [2.75, 3.05) is 18.8 Å². The first kappa shape index (κ1) is 17.5. The fraction of sp³-hybridized carbons (Fsp3) is 0.647. The lowest BCUT2D eigenvalue weighted by Crippen LogP contribution is -2.63. The number of piperidine rings is 1. The summed E-state index contributed by atoms with van der Waals surface area (Å²) in [5.74, 6) is -0.410. The highest BCUT2D eigenvalue weighted by molar-refractivity contribution is 5.82. The van der Waals surface area contributed by atoms with Gasteiger partial charge in [0.1, 0.15) is 12.4 Å². The maximum absolute atomic E-state index is 13.1. The van der Waals surface area contributed by atoms with Gasteiger partial charge in [-0.2, -0.15) is 13.2 Å². The average Bonchev–Trinajstić information content (AvgIpc) is 3.08. The van der Waals surface area contributed by atoms with Crippen LogP contribution in [0.5, 0.6) is 0 Å². The molecule has 142 valence electrons. The van der Waals surface area contributed by atoms with Crippen LogP contribution in [0, 0.1) is 11.8 Å². The van der Waals surface area contributed by atoms with Crippen LogP contribution in [-0.2, 0) is 4.79 Å². The van der Waals surface area contributed by atoms with Gasteiger partial charge in [0.2, 0.25) is 5.91 Å². The van der Waals surface area contributed by atoms with E-state index < -0.39 is 30.6 Å². The largest absolute Gasteiger partial charge is 0.406 e. The summed E-state index contributed by atoms with van der Waals surface area (Å²) in [6.45, 7) is -0.814. The zero-order valence-corrected chi connectivity index (χ0v) is 14.2. The monoisotopic (exact) mass is 369 g/mol. The maximum atomic E-state index is 13.1. The summed E-state index contributed by atoms with van der Waals surface area (Å²) < 4.78 is 39.4. The predicted octanol–water partition coefficient (Wildman–Crippen LogP) is 1.41. The van der Waals surface area contributed by atoms with E-state index in [1.165, 1.54) is 0 Å². The Kier molecular flexibility index (Phi) is 4.31. The van der Waals surface area contributed by atoms with Crippen LogP contribution >= 0.6 is 0 Å². The van der Waals surface area contributed by atoms with E-state index in [0.29, 0.717) is 18.8 Å². The molecule has 3 aliphatic rings. The Balaban J connectivity index is 1.64. The number of pyridine rings is 1. The molecule has 26 heavy (non-hydrogen) atoms. The van der Waals surface area contributed by atoms with Gasteiger partial charge in [-0.25, -0.2) is 4.98 Å². The van der Waals surface area contributed by atoms with Crippen LogP contribution in [0.25, 0.3) is 0 Å². The van der Waals surface area contributed by atoms with Crippen LogP contribution in [0.15, 0.2) is 18.3 Å². The number of alkyl halides is 3. The van der Waals surface area contributed by atoms with Gasteiger partial charge in [-0.05, 0) is 42.7 Å². The summed E-state index contributed by atoms with van der Waals surface area (Å²) >= 11 is 0. The predicted molar refractivity (Wildman–Crippen MR) is 88.7 cm³/mol. The van der Waals surface area contributed by atoms with Crippen molar-refractivity contribution in [3.05, 3.63) is 23.9 Å². The highest BCUT2D eigenvalue weighted by atomic mass is 19.4. The van der Waals surface area contributed by atoms with Crippen molar-refractivity contribution in [1.82, 2.24) is 20.7 Å². The number of fused-ring (bicyclic) bond motifs is 3. The summed E-state index contributed by atoms with van der Waals surface area (Å²) in [5, 5.41) is 0. The van der Waals surface area contributed by atoms with Crippen molar-refractivity contribution >= 4 is 11.7 Å². The number of anilines is 1. The fourth-order valence-corrected chi connectivity index (χ4v) is 4.93. The third-order valence-corrected chi connectivity index (χ3v) is 6.02. The van der Waals surface area contributed by atoms with E-state index in [1.54, 1.807) is 12.3 Å². The third kappa shape index (κ3) is 3.03. The minimum Gasteiger partial charge on any atom is -0.383 e. The first-order chi connectivity index (χ1) is 12.3. The fourth-order valence-electron chi connectivity index (χ4n) is 4.93. The summed E-state index contributed by atoms with van der Waals surface area (Å²) in [6, 6.07) is 3.11. The Morgan fingerprint density at radius 1 is 1.35 bits per heavy atom. The quantitative estimate of drug-likeness (QED) is 0.734. The third-order valence-electron chi connectivity index (χ3n) is 6.02. The van der Waals surface area contributed by atoms with Crippen molar-refractivity contribution in [2.45, 2.75) is 43.4 Å². The van der Waals surface area contributed by atoms with Gasteiger partial charge in [0.05, 0.1) is 5.92 Å². The lowest BCUT2D eigenvalue weighted by Gasteiger charge is -2.50. The number of nitrogens with one attached hydrogen (secondary N) is 2. The number of halogens is 3. The number of likely N-dealkylation sites (tertiary alicyclic amines) is 1. The topological polar surface area (TPSA) is 83.3 Å². The van der Waals surface area contributed by atoms with E-state index in [-0.39, 0.29) is 17.9 Å². The van der Waals surface area contributed by atoms with Crippen molar-refractivity contribution in [3.8, 4) is 0 Å². The minimum atomic E-state index is -4.41. The van der Waals surface area contributed by atoms with E-state index in [0.717, 1.165) is 23.3 Å². The molecule has 2 saturated heterocycles. The number of nitrogens with two attached hydrogens (primary N) is 1. The summed E-state index contributed by atoms with van der Waals surface area (Å²) in [4.78, 5) is 17.9. The van der Waals surface area contributed by atoms with Gasteiger partial charge in [-0.1, -0.05) is 6.07 Å². The second-order valence-electron chi connectivity index (χ2n) is 7.46. The highest BCUT2D eigenvalue weighted by Gasteiger charge is 2.54. The van der Waals surface area contributed by atoms with Crippen molar-refractivity contribution in [2.24, 2.45) is 11.8 Å². The summed E-state index contributed by atoms with van der Waals surface area (Å²) in [6.07, 6.45) is -0.750. The van der Waals surface area contributed by atoms with Crippen LogP contribution in [0.3, 0.4) is 0 Å². The molecule has 1 saturated carbocycles. The van der Waals surface area contributed by atoms with E-state index in [2.05, 4.69) is 15.8 Å². The summed E-state index contributed by atoms with van der Waals surface area (Å²) in [7, 11) is 0. The van der Waals surface area contributed by atoms with Gasteiger partial charge < -0.3 is 10.6 Å². The molecule has 1 amide bonds. The molecule has 1 aromatic rings. The SMILES string of the molecule is Nc1ncccc1C1CCC2C3NNCC3C(=O)N(CC(F)(F)F)C2C1. The van der Waals surface area contributed by atoms with Crippen molar-refractivity contribution in [1.29, 1.82) is 0 Å².